The zero-order valence-corrected chi connectivity index (χ0v) is 9.41. The van der Waals surface area contributed by atoms with Crippen molar-refractivity contribution in [2.24, 2.45) is 5.73 Å². The fraction of sp³-hybridized carbons (Fsp3) is 0.400. The first-order valence-electron chi connectivity index (χ1n) is 5.18. The van der Waals surface area contributed by atoms with Crippen molar-refractivity contribution in [3.8, 4) is 0 Å². The van der Waals surface area contributed by atoms with Crippen LogP contribution in [-0.4, -0.2) is 27.8 Å². The van der Waals surface area contributed by atoms with Crippen molar-refractivity contribution >= 4 is 11.4 Å². The third-order valence-electron chi connectivity index (χ3n) is 2.50. The Kier molecular flexibility index (Phi) is 4.54. The Morgan fingerprint density at radius 1 is 1.44 bits per heavy atom. The van der Waals surface area contributed by atoms with Crippen molar-refractivity contribution in [1.29, 1.82) is 0 Å². The van der Waals surface area contributed by atoms with Gasteiger partial charge in [-0.2, -0.15) is 0 Å². The normalized spacial score (nSPS) is 14.2. The van der Waals surface area contributed by atoms with Gasteiger partial charge in [-0.1, -0.05) is 0 Å². The molecule has 1 aromatic rings. The molecule has 6 N–H and O–H groups in total. The molecule has 18 heavy (non-hydrogen) atoms. The van der Waals surface area contributed by atoms with E-state index in [0.717, 1.165) is 6.07 Å². The molecular formula is C10H14FN3O4. The number of hydrogen-bond acceptors (Lipinski definition) is 6. The van der Waals surface area contributed by atoms with Crippen LogP contribution in [0.25, 0.3) is 0 Å². The Bertz CT molecular complexity index is 455. The number of rotatable bonds is 5. The predicted octanol–water partition coefficient (Wildman–Crippen LogP) is 0.0592. The average Bonchev–Trinajstić information content (AvgIpc) is 2.31. The summed E-state index contributed by atoms with van der Waals surface area (Å²) >= 11 is 0. The molecule has 0 amide bonds. The van der Waals surface area contributed by atoms with Gasteiger partial charge in [-0.25, -0.2) is 4.39 Å². The first-order valence-corrected chi connectivity index (χ1v) is 5.18. The summed E-state index contributed by atoms with van der Waals surface area (Å²) in [6, 6.07) is 1.59. The van der Waals surface area contributed by atoms with Gasteiger partial charge in [0.15, 0.2) is 5.82 Å². The molecule has 2 atom stereocenters. The minimum Gasteiger partial charge on any atom is -0.396 e. The SMILES string of the molecule is NCCC(O)C(O)c1cc([N+](=O)[O-])cc(F)c1N. The van der Waals surface area contributed by atoms with Gasteiger partial charge in [0, 0.05) is 11.6 Å². The van der Waals surface area contributed by atoms with E-state index >= 15 is 0 Å². The van der Waals surface area contributed by atoms with E-state index in [4.69, 9.17) is 11.5 Å². The molecule has 0 bridgehead atoms. The Labute approximate surface area is 102 Å². The number of nitrogens with two attached hydrogens (primary N) is 2. The van der Waals surface area contributed by atoms with Crippen LogP contribution in [0.5, 0.6) is 0 Å². The minimum absolute atomic E-state index is 0.0604. The molecule has 0 spiro atoms. The highest BCUT2D eigenvalue weighted by molar-refractivity contribution is 5.55. The van der Waals surface area contributed by atoms with Crippen LogP contribution >= 0.6 is 0 Å². The van der Waals surface area contributed by atoms with E-state index in [1.54, 1.807) is 0 Å². The lowest BCUT2D eigenvalue weighted by Gasteiger charge is -2.19. The maximum Gasteiger partial charge on any atom is 0.272 e. The van der Waals surface area contributed by atoms with Gasteiger partial charge in [0.05, 0.1) is 22.8 Å². The van der Waals surface area contributed by atoms with Crippen LogP contribution in [0.15, 0.2) is 12.1 Å². The third kappa shape index (κ3) is 2.92. The molecule has 0 aliphatic rings. The fourth-order valence-electron chi connectivity index (χ4n) is 1.51. The quantitative estimate of drug-likeness (QED) is 0.335. The number of nitrogens with zero attached hydrogens (tertiary/aromatic N) is 1. The lowest BCUT2D eigenvalue weighted by molar-refractivity contribution is -0.385. The molecule has 1 rings (SSSR count). The number of aliphatic hydroxyl groups is 2. The highest BCUT2D eigenvalue weighted by Crippen LogP contribution is 2.30. The van der Waals surface area contributed by atoms with Gasteiger partial charge in [-0.3, -0.25) is 10.1 Å². The first kappa shape index (κ1) is 14.3. The summed E-state index contributed by atoms with van der Waals surface area (Å²) < 4.78 is 13.4. The van der Waals surface area contributed by atoms with Crippen molar-refractivity contribution < 1.29 is 19.5 Å². The highest BCUT2D eigenvalue weighted by Gasteiger charge is 2.24. The van der Waals surface area contributed by atoms with Crippen LogP contribution in [-0.2, 0) is 0 Å². The topological polar surface area (TPSA) is 136 Å². The van der Waals surface area contributed by atoms with Crippen LogP contribution in [0, 0.1) is 15.9 Å². The number of benzene rings is 1. The molecule has 0 aliphatic carbocycles. The van der Waals surface area contributed by atoms with Gasteiger partial charge in [-0.15, -0.1) is 0 Å². The van der Waals surface area contributed by atoms with Gasteiger partial charge in [0.25, 0.3) is 5.69 Å². The van der Waals surface area contributed by atoms with E-state index in [-0.39, 0.29) is 18.5 Å². The summed E-state index contributed by atoms with van der Waals surface area (Å²) in [4.78, 5) is 9.76. The van der Waals surface area contributed by atoms with E-state index < -0.39 is 34.3 Å². The van der Waals surface area contributed by atoms with Crippen molar-refractivity contribution in [2.75, 3.05) is 12.3 Å². The second-order valence-corrected chi connectivity index (χ2v) is 3.78. The number of aliphatic hydroxyl groups excluding tert-OH is 2. The van der Waals surface area contributed by atoms with Crippen LogP contribution in [0.4, 0.5) is 15.8 Å². The highest BCUT2D eigenvalue weighted by atomic mass is 19.1. The lowest BCUT2D eigenvalue weighted by Crippen LogP contribution is -2.23. The molecule has 1 aromatic carbocycles. The summed E-state index contributed by atoms with van der Waals surface area (Å²) in [5.41, 5.74) is 9.40. The number of non-ortho nitro benzene ring substituents is 1. The molecule has 8 heteroatoms. The molecule has 0 aromatic heterocycles. The molecule has 2 unspecified atom stereocenters. The van der Waals surface area contributed by atoms with Gasteiger partial charge in [0.2, 0.25) is 0 Å². The van der Waals surface area contributed by atoms with E-state index in [1.807, 2.05) is 0 Å². The van der Waals surface area contributed by atoms with Crippen LogP contribution < -0.4 is 11.5 Å². The molecular weight excluding hydrogens is 245 g/mol. The van der Waals surface area contributed by atoms with E-state index in [1.165, 1.54) is 0 Å². The standard InChI is InChI=1S/C10H14FN3O4/c11-7-4-5(14(17)18)3-6(9(7)13)10(16)8(15)1-2-12/h3-4,8,10,15-16H,1-2,12-13H2. The largest absolute Gasteiger partial charge is 0.396 e. The van der Waals surface area contributed by atoms with Gasteiger partial charge < -0.3 is 21.7 Å². The van der Waals surface area contributed by atoms with Crippen molar-refractivity contribution in [3.05, 3.63) is 33.6 Å². The Balaban J connectivity index is 3.18. The first-order chi connectivity index (χ1) is 8.38. The zero-order chi connectivity index (χ0) is 13.9. The number of nitro benzene ring substituents is 1. The number of halogens is 1. The fourth-order valence-corrected chi connectivity index (χ4v) is 1.51. The van der Waals surface area contributed by atoms with E-state index in [2.05, 4.69) is 0 Å². The van der Waals surface area contributed by atoms with E-state index in [0.29, 0.717) is 6.07 Å². The summed E-state index contributed by atoms with van der Waals surface area (Å²) in [6.45, 7) is 0.107. The maximum atomic E-state index is 13.4. The van der Waals surface area contributed by atoms with Crippen LogP contribution in [0.3, 0.4) is 0 Å². The van der Waals surface area contributed by atoms with Crippen molar-refractivity contribution in [2.45, 2.75) is 18.6 Å². The average molecular weight is 259 g/mol. The van der Waals surface area contributed by atoms with E-state index in [9.17, 15) is 24.7 Å². The Morgan fingerprint density at radius 3 is 2.56 bits per heavy atom. The number of anilines is 1. The van der Waals surface area contributed by atoms with Crippen LogP contribution in [0.1, 0.15) is 18.1 Å². The molecule has 0 fully saturated rings. The number of hydrogen-bond donors (Lipinski definition) is 4. The van der Waals surface area contributed by atoms with Crippen molar-refractivity contribution in [1.82, 2.24) is 0 Å². The summed E-state index contributed by atoms with van der Waals surface area (Å²) in [5, 5.41) is 29.9. The van der Waals surface area contributed by atoms with Crippen molar-refractivity contribution in [3.63, 3.8) is 0 Å². The number of nitrogen functional groups attached to an aromatic ring is 1. The van der Waals surface area contributed by atoms with Gasteiger partial charge in [0.1, 0.15) is 6.10 Å². The molecule has 0 aliphatic heterocycles. The number of nitro groups is 1. The monoisotopic (exact) mass is 259 g/mol. The smallest absolute Gasteiger partial charge is 0.272 e. The molecule has 0 saturated heterocycles. The second kappa shape index (κ2) is 5.71. The lowest BCUT2D eigenvalue weighted by atomic mass is 9.99. The van der Waals surface area contributed by atoms with Crippen LogP contribution in [0.2, 0.25) is 0 Å². The third-order valence-corrected chi connectivity index (χ3v) is 2.50. The second-order valence-electron chi connectivity index (χ2n) is 3.78. The Hall–Kier alpha value is -1.77. The van der Waals surface area contributed by atoms with Gasteiger partial charge >= 0.3 is 0 Å². The Morgan fingerprint density at radius 2 is 2.06 bits per heavy atom. The van der Waals surface area contributed by atoms with Gasteiger partial charge in [-0.05, 0) is 13.0 Å². The molecule has 0 saturated carbocycles. The maximum absolute atomic E-state index is 13.4. The summed E-state index contributed by atoms with van der Waals surface area (Å²) in [6.07, 6.45) is -2.73. The zero-order valence-electron chi connectivity index (χ0n) is 9.41. The molecule has 100 valence electrons. The minimum atomic E-state index is -1.53. The summed E-state index contributed by atoms with van der Waals surface area (Å²) in [7, 11) is 0. The summed E-state index contributed by atoms with van der Waals surface area (Å²) in [5.74, 6) is -1.02. The molecule has 0 radical (unpaired) electrons. The molecule has 7 nitrogen and oxygen atoms in total. The molecule has 0 heterocycles. The predicted molar refractivity (Wildman–Crippen MR) is 62.1 cm³/mol.